The van der Waals surface area contributed by atoms with E-state index in [-0.39, 0.29) is 0 Å². The molecular formula is C13H9Cl2N. The first-order valence-electron chi connectivity index (χ1n) is 4.78. The van der Waals surface area contributed by atoms with Crippen molar-refractivity contribution in [3.63, 3.8) is 0 Å². The van der Waals surface area contributed by atoms with Crippen molar-refractivity contribution in [2.45, 2.75) is 0 Å². The van der Waals surface area contributed by atoms with Gasteiger partial charge in [-0.1, -0.05) is 53.5 Å². The van der Waals surface area contributed by atoms with E-state index in [1.54, 1.807) is 18.2 Å². The molecule has 0 heterocycles. The Morgan fingerprint density at radius 2 is 1.50 bits per heavy atom. The molecule has 16 heavy (non-hydrogen) atoms. The summed E-state index contributed by atoms with van der Waals surface area (Å²) >= 11 is 11.8. The minimum atomic E-state index is 0.405. The second-order valence-corrected chi connectivity index (χ2v) is 4.21. The first kappa shape index (κ1) is 11.2. The number of halogens is 2. The average molecular weight is 250 g/mol. The fourth-order valence-corrected chi connectivity index (χ4v) is 1.79. The number of benzene rings is 2. The zero-order chi connectivity index (χ0) is 11.5. The summed E-state index contributed by atoms with van der Waals surface area (Å²) in [7, 11) is 0. The lowest BCUT2D eigenvalue weighted by molar-refractivity contribution is 1.46. The van der Waals surface area contributed by atoms with Crippen LogP contribution in [0.3, 0.4) is 0 Å². The van der Waals surface area contributed by atoms with E-state index in [9.17, 15) is 0 Å². The van der Waals surface area contributed by atoms with E-state index in [0.29, 0.717) is 15.8 Å². The van der Waals surface area contributed by atoms with Crippen molar-refractivity contribution in [2.75, 3.05) is 0 Å². The highest BCUT2D eigenvalue weighted by atomic mass is 35.5. The minimum absolute atomic E-state index is 0.405. The molecule has 0 spiro atoms. The molecule has 0 radical (unpaired) electrons. The van der Waals surface area contributed by atoms with Gasteiger partial charge < -0.3 is 0 Å². The maximum absolute atomic E-state index is 8.05. The lowest BCUT2D eigenvalue weighted by Crippen LogP contribution is -2.01. The van der Waals surface area contributed by atoms with Crippen molar-refractivity contribution in [3.05, 3.63) is 69.7 Å². The highest BCUT2D eigenvalue weighted by molar-refractivity contribution is 6.35. The van der Waals surface area contributed by atoms with Crippen LogP contribution in [-0.4, -0.2) is 5.71 Å². The fourth-order valence-electron chi connectivity index (χ4n) is 1.44. The smallest absolute Gasteiger partial charge is 0.0699 e. The normalized spacial score (nSPS) is 10.1. The molecule has 0 saturated heterocycles. The molecule has 0 saturated carbocycles. The molecule has 80 valence electrons. The third-order valence-corrected chi connectivity index (χ3v) is 2.86. The van der Waals surface area contributed by atoms with Gasteiger partial charge in [-0.2, -0.15) is 0 Å². The van der Waals surface area contributed by atoms with E-state index < -0.39 is 0 Å². The molecule has 1 N–H and O–H groups in total. The van der Waals surface area contributed by atoms with Gasteiger partial charge in [0.15, 0.2) is 0 Å². The lowest BCUT2D eigenvalue weighted by Gasteiger charge is -2.06. The topological polar surface area (TPSA) is 23.9 Å². The third kappa shape index (κ3) is 2.26. The van der Waals surface area contributed by atoms with E-state index in [4.69, 9.17) is 28.6 Å². The highest BCUT2D eigenvalue weighted by Gasteiger charge is 2.07. The molecule has 2 rings (SSSR count). The second-order valence-electron chi connectivity index (χ2n) is 3.36. The van der Waals surface area contributed by atoms with Crippen molar-refractivity contribution in [1.82, 2.24) is 0 Å². The Kier molecular flexibility index (Phi) is 3.28. The van der Waals surface area contributed by atoms with Crippen LogP contribution in [0, 0.1) is 5.41 Å². The van der Waals surface area contributed by atoms with Gasteiger partial charge in [0, 0.05) is 21.2 Å². The molecule has 1 nitrogen and oxygen atoms in total. The van der Waals surface area contributed by atoms with Crippen LogP contribution in [-0.2, 0) is 0 Å². The van der Waals surface area contributed by atoms with E-state index >= 15 is 0 Å². The van der Waals surface area contributed by atoms with Gasteiger partial charge >= 0.3 is 0 Å². The van der Waals surface area contributed by atoms with Crippen molar-refractivity contribution < 1.29 is 0 Å². The molecule has 2 aromatic carbocycles. The van der Waals surface area contributed by atoms with Crippen LogP contribution in [0.15, 0.2) is 48.5 Å². The second kappa shape index (κ2) is 4.69. The number of hydrogen-bond donors (Lipinski definition) is 1. The number of hydrogen-bond acceptors (Lipinski definition) is 1. The van der Waals surface area contributed by atoms with Gasteiger partial charge in [-0.15, -0.1) is 0 Å². The minimum Gasteiger partial charge on any atom is -0.300 e. The van der Waals surface area contributed by atoms with Crippen LogP contribution in [0.4, 0.5) is 0 Å². The monoisotopic (exact) mass is 249 g/mol. The molecule has 0 aromatic heterocycles. The van der Waals surface area contributed by atoms with Crippen molar-refractivity contribution in [3.8, 4) is 0 Å². The summed E-state index contributed by atoms with van der Waals surface area (Å²) in [5, 5.41) is 9.30. The first-order valence-corrected chi connectivity index (χ1v) is 5.53. The SMILES string of the molecule is N=C(c1ccc(Cl)cc1)c1ccccc1Cl. The zero-order valence-corrected chi connectivity index (χ0v) is 9.89. The van der Waals surface area contributed by atoms with Crippen LogP contribution in [0.25, 0.3) is 0 Å². The summed E-state index contributed by atoms with van der Waals surface area (Å²) in [6.45, 7) is 0. The fraction of sp³-hybridized carbons (Fsp3) is 0. The summed E-state index contributed by atoms with van der Waals surface area (Å²) in [5.74, 6) is 0. The van der Waals surface area contributed by atoms with Gasteiger partial charge in [0.1, 0.15) is 0 Å². The Bertz CT molecular complexity index is 518. The average Bonchev–Trinajstić information content (AvgIpc) is 2.30. The third-order valence-electron chi connectivity index (χ3n) is 2.28. The Hall–Kier alpha value is -1.31. The Balaban J connectivity index is 2.40. The van der Waals surface area contributed by atoms with Gasteiger partial charge in [-0.05, 0) is 18.2 Å². The molecule has 3 heteroatoms. The predicted octanol–water partition coefficient (Wildman–Crippen LogP) is 4.41. The van der Waals surface area contributed by atoms with E-state index in [1.165, 1.54) is 0 Å². The molecule has 0 fully saturated rings. The van der Waals surface area contributed by atoms with Crippen LogP contribution < -0.4 is 0 Å². The zero-order valence-electron chi connectivity index (χ0n) is 8.37. The van der Waals surface area contributed by atoms with Crippen molar-refractivity contribution >= 4 is 28.9 Å². The molecule has 0 atom stereocenters. The van der Waals surface area contributed by atoms with Gasteiger partial charge in [0.2, 0.25) is 0 Å². The highest BCUT2D eigenvalue weighted by Crippen LogP contribution is 2.20. The van der Waals surface area contributed by atoms with Gasteiger partial charge in [-0.25, -0.2) is 0 Å². The molecule has 0 unspecified atom stereocenters. The summed E-state index contributed by atoms with van der Waals surface area (Å²) in [6.07, 6.45) is 0. The van der Waals surface area contributed by atoms with E-state index in [2.05, 4.69) is 0 Å². The van der Waals surface area contributed by atoms with Gasteiger partial charge in [0.05, 0.1) is 5.71 Å². The van der Waals surface area contributed by atoms with Crippen LogP contribution in [0.1, 0.15) is 11.1 Å². The first-order chi connectivity index (χ1) is 7.68. The van der Waals surface area contributed by atoms with Gasteiger partial charge in [-0.3, -0.25) is 5.41 Å². The molecule has 0 aliphatic rings. The maximum Gasteiger partial charge on any atom is 0.0699 e. The molecule has 0 aliphatic heterocycles. The molecule has 0 bridgehead atoms. The Morgan fingerprint density at radius 1 is 0.875 bits per heavy atom. The summed E-state index contributed by atoms with van der Waals surface area (Å²) in [4.78, 5) is 0. The number of rotatable bonds is 2. The largest absolute Gasteiger partial charge is 0.300 e. The summed E-state index contributed by atoms with van der Waals surface area (Å²) in [6, 6.07) is 14.5. The summed E-state index contributed by atoms with van der Waals surface area (Å²) < 4.78 is 0. The predicted molar refractivity (Wildman–Crippen MR) is 68.8 cm³/mol. The van der Waals surface area contributed by atoms with E-state index in [0.717, 1.165) is 11.1 Å². The Morgan fingerprint density at radius 3 is 2.12 bits per heavy atom. The van der Waals surface area contributed by atoms with Crippen LogP contribution in [0.2, 0.25) is 10.0 Å². The van der Waals surface area contributed by atoms with Gasteiger partial charge in [0.25, 0.3) is 0 Å². The maximum atomic E-state index is 8.05. The molecule has 0 amide bonds. The van der Waals surface area contributed by atoms with Crippen LogP contribution >= 0.6 is 23.2 Å². The molecule has 0 aliphatic carbocycles. The quantitative estimate of drug-likeness (QED) is 0.763. The molecular weight excluding hydrogens is 241 g/mol. The van der Waals surface area contributed by atoms with Crippen molar-refractivity contribution in [2.24, 2.45) is 0 Å². The lowest BCUT2D eigenvalue weighted by atomic mass is 10.0. The van der Waals surface area contributed by atoms with E-state index in [1.807, 2.05) is 30.3 Å². The Labute approximate surface area is 104 Å². The van der Waals surface area contributed by atoms with Crippen LogP contribution in [0.5, 0.6) is 0 Å². The summed E-state index contributed by atoms with van der Waals surface area (Å²) in [5.41, 5.74) is 1.94. The van der Waals surface area contributed by atoms with Crippen molar-refractivity contribution in [1.29, 1.82) is 5.41 Å². The standard InChI is InChI=1S/C13H9Cl2N/c14-10-7-5-9(6-8-10)13(16)11-3-1-2-4-12(11)15/h1-8,16H. The number of nitrogens with one attached hydrogen (secondary N) is 1. The molecule has 2 aromatic rings.